The van der Waals surface area contributed by atoms with Crippen LogP contribution < -0.4 is 0 Å². The van der Waals surface area contributed by atoms with Gasteiger partial charge >= 0.3 is 0 Å². The van der Waals surface area contributed by atoms with Crippen LogP contribution in [-0.4, -0.2) is 16.1 Å². The first-order valence-electron chi connectivity index (χ1n) is 5.59. The molecule has 1 aliphatic rings. The third-order valence-electron chi connectivity index (χ3n) is 2.69. The van der Waals surface area contributed by atoms with Crippen LogP contribution in [0, 0.1) is 11.8 Å². The molecule has 0 saturated heterocycles. The Morgan fingerprint density at radius 2 is 1.83 bits per heavy atom. The Labute approximate surface area is 118 Å². The van der Waals surface area contributed by atoms with Crippen LogP contribution >= 0.6 is 27.7 Å². The van der Waals surface area contributed by atoms with Crippen LogP contribution in [0.15, 0.2) is 33.7 Å². The Kier molecular flexibility index (Phi) is 4.02. The number of carbonyl (C=O) groups excluding carboxylic acids is 2. The lowest BCUT2D eigenvalue weighted by atomic mass is 9.96. The number of benzene rings is 1. The van der Waals surface area contributed by atoms with E-state index in [-0.39, 0.29) is 16.9 Å². The maximum atomic E-state index is 11.9. The molecular formula is C13H12BrNO2S. The highest BCUT2D eigenvalue weighted by atomic mass is 79.9. The molecule has 0 aliphatic carbocycles. The van der Waals surface area contributed by atoms with E-state index in [4.69, 9.17) is 0 Å². The molecule has 1 aliphatic heterocycles. The quantitative estimate of drug-likeness (QED) is 0.784. The predicted molar refractivity (Wildman–Crippen MR) is 76.6 cm³/mol. The maximum Gasteiger partial charge on any atom is 0.258 e. The minimum atomic E-state index is -0.603. The molecule has 1 aromatic rings. The van der Waals surface area contributed by atoms with Gasteiger partial charge in [0.1, 0.15) is 11.0 Å². The fourth-order valence-corrected chi connectivity index (χ4v) is 3.07. The Balaban J connectivity index is 2.32. The van der Waals surface area contributed by atoms with E-state index in [2.05, 4.69) is 20.9 Å². The molecule has 1 heterocycles. The molecule has 0 aromatic heterocycles. The molecule has 0 spiro atoms. The number of hydrogen-bond acceptors (Lipinski definition) is 3. The number of amides is 1. The Morgan fingerprint density at radius 3 is 2.33 bits per heavy atom. The molecule has 1 unspecified atom stereocenters. The van der Waals surface area contributed by atoms with E-state index in [1.165, 1.54) is 0 Å². The van der Waals surface area contributed by atoms with Gasteiger partial charge in [0.2, 0.25) is 5.12 Å². The van der Waals surface area contributed by atoms with Gasteiger partial charge in [0, 0.05) is 10.0 Å². The van der Waals surface area contributed by atoms with Crippen molar-refractivity contribution in [3.05, 3.63) is 34.3 Å². The van der Waals surface area contributed by atoms with Crippen LogP contribution in [0.3, 0.4) is 0 Å². The summed E-state index contributed by atoms with van der Waals surface area (Å²) in [7, 11) is 0. The van der Waals surface area contributed by atoms with Gasteiger partial charge in [-0.05, 0) is 29.8 Å². The monoisotopic (exact) mass is 325 g/mol. The lowest BCUT2D eigenvalue weighted by Crippen LogP contribution is -2.31. The van der Waals surface area contributed by atoms with Crippen molar-refractivity contribution in [1.29, 1.82) is 0 Å². The number of halogens is 1. The van der Waals surface area contributed by atoms with Crippen molar-refractivity contribution in [2.24, 2.45) is 16.8 Å². The summed E-state index contributed by atoms with van der Waals surface area (Å²) in [5.41, 5.74) is 0.798. The molecule has 0 bridgehead atoms. The van der Waals surface area contributed by atoms with Gasteiger partial charge in [0.25, 0.3) is 5.91 Å². The molecule has 1 aromatic carbocycles. The summed E-state index contributed by atoms with van der Waals surface area (Å²) in [6.07, 6.45) is 0. The van der Waals surface area contributed by atoms with Crippen molar-refractivity contribution in [3.63, 3.8) is 0 Å². The van der Waals surface area contributed by atoms with Gasteiger partial charge in [-0.1, -0.05) is 41.9 Å². The van der Waals surface area contributed by atoms with E-state index in [0.717, 1.165) is 21.8 Å². The molecule has 0 fully saturated rings. The van der Waals surface area contributed by atoms with E-state index in [1.54, 1.807) is 0 Å². The summed E-state index contributed by atoms with van der Waals surface area (Å²) in [5, 5.41) is 0.386. The third-order valence-corrected chi connectivity index (χ3v) is 4.19. The van der Waals surface area contributed by atoms with Crippen molar-refractivity contribution in [3.8, 4) is 0 Å². The maximum absolute atomic E-state index is 11.9. The van der Waals surface area contributed by atoms with Crippen LogP contribution in [0.25, 0.3) is 0 Å². The lowest BCUT2D eigenvalue weighted by Gasteiger charge is -2.20. The summed E-state index contributed by atoms with van der Waals surface area (Å²) >= 11 is 4.40. The second kappa shape index (κ2) is 5.36. The van der Waals surface area contributed by atoms with Crippen molar-refractivity contribution in [1.82, 2.24) is 0 Å². The van der Waals surface area contributed by atoms with E-state index in [0.29, 0.717) is 5.04 Å². The number of thioether (sulfide) groups is 1. The summed E-state index contributed by atoms with van der Waals surface area (Å²) in [6, 6.07) is 7.40. The second-order valence-corrected chi connectivity index (χ2v) is 6.31. The van der Waals surface area contributed by atoms with E-state index >= 15 is 0 Å². The largest absolute Gasteiger partial charge is 0.286 e. The van der Waals surface area contributed by atoms with Crippen molar-refractivity contribution >= 4 is 43.8 Å². The Morgan fingerprint density at radius 1 is 1.22 bits per heavy atom. The molecule has 3 nitrogen and oxygen atoms in total. The number of nitrogens with zero attached hydrogens (tertiary/aromatic N) is 1. The highest BCUT2D eigenvalue weighted by molar-refractivity contribution is 9.10. The highest BCUT2D eigenvalue weighted by Gasteiger charge is 2.35. The molecule has 94 valence electrons. The van der Waals surface area contributed by atoms with Gasteiger partial charge < -0.3 is 0 Å². The minimum Gasteiger partial charge on any atom is -0.286 e. The first kappa shape index (κ1) is 13.5. The van der Waals surface area contributed by atoms with Crippen molar-refractivity contribution in [2.45, 2.75) is 13.8 Å². The second-order valence-electron chi connectivity index (χ2n) is 4.40. The van der Waals surface area contributed by atoms with Crippen LogP contribution in [0.4, 0.5) is 0 Å². The molecule has 0 radical (unpaired) electrons. The number of hydrogen-bond donors (Lipinski definition) is 0. The SMILES string of the molecule is CC(C)C1C(=O)N=C(c2ccc(Br)cc2)SC1=O. The van der Waals surface area contributed by atoms with Gasteiger partial charge in [-0.2, -0.15) is 0 Å². The molecule has 2 rings (SSSR count). The van der Waals surface area contributed by atoms with Crippen LogP contribution in [0.5, 0.6) is 0 Å². The van der Waals surface area contributed by atoms with Gasteiger partial charge in [-0.3, -0.25) is 9.59 Å². The van der Waals surface area contributed by atoms with Gasteiger partial charge in [-0.25, -0.2) is 4.99 Å². The van der Waals surface area contributed by atoms with Crippen LogP contribution in [0.1, 0.15) is 19.4 Å². The Bertz CT molecular complexity index is 522. The molecule has 0 saturated carbocycles. The highest BCUT2D eigenvalue weighted by Crippen LogP contribution is 2.29. The van der Waals surface area contributed by atoms with E-state index < -0.39 is 5.92 Å². The van der Waals surface area contributed by atoms with Crippen LogP contribution in [-0.2, 0) is 9.59 Å². The van der Waals surface area contributed by atoms with Crippen molar-refractivity contribution < 1.29 is 9.59 Å². The number of carbonyl (C=O) groups is 2. The number of rotatable bonds is 2. The number of aliphatic imine (C=N–C) groups is 1. The zero-order valence-electron chi connectivity index (χ0n) is 10.0. The summed E-state index contributed by atoms with van der Waals surface area (Å²) < 4.78 is 0.949. The lowest BCUT2D eigenvalue weighted by molar-refractivity contribution is -0.129. The van der Waals surface area contributed by atoms with E-state index in [9.17, 15) is 9.59 Å². The summed E-state index contributed by atoms with van der Waals surface area (Å²) in [6.45, 7) is 3.72. The minimum absolute atomic E-state index is 0.00674. The zero-order chi connectivity index (χ0) is 13.3. The molecule has 5 heteroatoms. The average Bonchev–Trinajstić information content (AvgIpc) is 2.28. The van der Waals surface area contributed by atoms with Crippen molar-refractivity contribution in [2.75, 3.05) is 0 Å². The van der Waals surface area contributed by atoms with Gasteiger partial charge in [0.15, 0.2) is 0 Å². The molecule has 18 heavy (non-hydrogen) atoms. The Hall–Kier alpha value is -0.940. The summed E-state index contributed by atoms with van der Waals surface area (Å²) in [4.78, 5) is 27.9. The standard InChI is InChI=1S/C13H12BrNO2S/c1-7(2)10-11(16)15-12(18-13(10)17)8-3-5-9(14)6-4-8/h3-7,10H,1-2H3. The zero-order valence-corrected chi connectivity index (χ0v) is 12.4. The fraction of sp³-hybridized carbons (Fsp3) is 0.308. The fourth-order valence-electron chi connectivity index (χ4n) is 1.73. The van der Waals surface area contributed by atoms with E-state index in [1.807, 2.05) is 38.1 Å². The first-order chi connectivity index (χ1) is 8.49. The molecular weight excluding hydrogens is 314 g/mol. The molecule has 1 atom stereocenters. The third kappa shape index (κ3) is 2.72. The molecule has 1 amide bonds. The smallest absolute Gasteiger partial charge is 0.258 e. The first-order valence-corrected chi connectivity index (χ1v) is 7.20. The normalized spacial score (nSPS) is 20.2. The van der Waals surface area contributed by atoms with Crippen LogP contribution in [0.2, 0.25) is 0 Å². The molecule has 0 N–H and O–H groups in total. The van der Waals surface area contributed by atoms with Gasteiger partial charge in [-0.15, -0.1) is 0 Å². The predicted octanol–water partition coefficient (Wildman–Crippen LogP) is 3.27. The topological polar surface area (TPSA) is 46.5 Å². The summed E-state index contributed by atoms with van der Waals surface area (Å²) in [5.74, 6) is -0.936. The van der Waals surface area contributed by atoms with Gasteiger partial charge in [0.05, 0.1) is 0 Å². The average molecular weight is 326 g/mol.